The summed E-state index contributed by atoms with van der Waals surface area (Å²) in [4.78, 5) is 0. The zero-order chi connectivity index (χ0) is 10.2. The van der Waals surface area contributed by atoms with Crippen molar-refractivity contribution in [3.8, 4) is 0 Å². The summed E-state index contributed by atoms with van der Waals surface area (Å²) in [6.45, 7) is 0. The Labute approximate surface area is 81.9 Å². The van der Waals surface area contributed by atoms with E-state index in [0.717, 1.165) is 9.46 Å². The molecule has 4 nitrogen and oxygen atoms in total. The molecule has 2 heterocycles. The number of nitrogens with zero attached hydrogens (tertiary/aromatic N) is 2. The van der Waals surface area contributed by atoms with Gasteiger partial charge in [0.2, 0.25) is 12.4 Å². The topological polar surface area (TPSA) is 51.1 Å². The zero-order valence-electron chi connectivity index (χ0n) is 7.52. The molecule has 0 saturated heterocycles. The van der Waals surface area contributed by atoms with Crippen LogP contribution in [-0.4, -0.2) is 5.21 Å². The quantitative estimate of drug-likeness (QED) is 0.375. The zero-order valence-corrected chi connectivity index (χ0v) is 7.52. The highest BCUT2D eigenvalue weighted by atomic mass is 16.5. The molecule has 0 atom stereocenters. The van der Waals surface area contributed by atoms with E-state index in [2.05, 4.69) is 0 Å². The third-order valence-corrected chi connectivity index (χ3v) is 1.39. The molecule has 0 spiro atoms. The Morgan fingerprint density at radius 1 is 0.714 bits per heavy atom. The van der Waals surface area contributed by atoms with Crippen LogP contribution in [0.4, 0.5) is 0 Å². The van der Waals surface area contributed by atoms with Crippen LogP contribution < -0.4 is 9.46 Å². The summed E-state index contributed by atoms with van der Waals surface area (Å²) in [7, 11) is 0. The molecule has 0 amide bonds. The molecule has 0 aromatic carbocycles. The molecular weight excluding hydrogens is 180 g/mol. The first kappa shape index (κ1) is 9.98. The fraction of sp³-hybridized carbons (Fsp3) is 0. The Bertz CT molecular complexity index is 314. The van der Waals surface area contributed by atoms with Crippen molar-refractivity contribution < 1.29 is 14.7 Å². The van der Waals surface area contributed by atoms with Gasteiger partial charge in [-0.25, -0.2) is 0 Å². The number of hydrogen-bond acceptors (Lipinski definition) is 2. The summed E-state index contributed by atoms with van der Waals surface area (Å²) >= 11 is 0. The Balaban J connectivity index is 0.000000140. The molecule has 4 heteroatoms. The van der Waals surface area contributed by atoms with Gasteiger partial charge in [-0.05, 0) is 0 Å². The van der Waals surface area contributed by atoms with Crippen LogP contribution in [0.15, 0.2) is 61.2 Å². The van der Waals surface area contributed by atoms with E-state index in [4.69, 9.17) is 5.21 Å². The minimum atomic E-state index is 0.750. The molecule has 0 aliphatic heterocycles. The van der Waals surface area contributed by atoms with Crippen LogP contribution in [0.2, 0.25) is 0 Å². The van der Waals surface area contributed by atoms with Gasteiger partial charge in [-0.15, -0.1) is 0 Å². The summed E-state index contributed by atoms with van der Waals surface area (Å²) < 4.78 is 1.75. The van der Waals surface area contributed by atoms with Crippen molar-refractivity contribution in [2.24, 2.45) is 0 Å². The number of hydrogen-bond donors (Lipinski definition) is 1. The second-order valence-electron chi connectivity index (χ2n) is 2.49. The monoisotopic (exact) mass is 191 g/mol. The van der Waals surface area contributed by atoms with Gasteiger partial charge in [-0.1, -0.05) is 12.1 Å². The maximum absolute atomic E-state index is 10.2. The Morgan fingerprint density at radius 2 is 1.14 bits per heavy atom. The van der Waals surface area contributed by atoms with Gasteiger partial charge in [0.25, 0.3) is 0 Å². The molecule has 0 aliphatic carbocycles. The molecule has 2 aromatic heterocycles. The van der Waals surface area contributed by atoms with Crippen LogP contribution >= 0.6 is 0 Å². The standard InChI is InChI=1S/C5H6NO.C5H5NO/c2*7-6-4-2-1-3-5-6/h1-5,7H;1-5H/q+1;. The third-order valence-electron chi connectivity index (χ3n) is 1.39. The van der Waals surface area contributed by atoms with Crippen molar-refractivity contribution >= 4 is 0 Å². The molecule has 0 unspecified atom stereocenters. The predicted octanol–water partition coefficient (Wildman–Crippen LogP) is 0.531. The van der Waals surface area contributed by atoms with Crippen molar-refractivity contribution in [3.05, 3.63) is 66.4 Å². The fourth-order valence-corrected chi connectivity index (χ4v) is 0.772. The van der Waals surface area contributed by atoms with Gasteiger partial charge in [0.05, 0.1) is 0 Å². The summed E-state index contributed by atoms with van der Waals surface area (Å²) in [6, 6.07) is 10.5. The second kappa shape index (κ2) is 5.53. The molecule has 0 saturated carbocycles. The summed E-state index contributed by atoms with van der Waals surface area (Å²) in [5, 5.41) is 18.7. The molecule has 1 N–H and O–H groups in total. The van der Waals surface area contributed by atoms with Crippen molar-refractivity contribution in [1.82, 2.24) is 0 Å². The lowest BCUT2D eigenvalue weighted by atomic mass is 10.5. The van der Waals surface area contributed by atoms with Crippen LogP contribution in [-0.2, 0) is 0 Å². The molecule has 0 bridgehead atoms. The molecule has 0 fully saturated rings. The maximum atomic E-state index is 10.2. The van der Waals surface area contributed by atoms with Gasteiger partial charge in [0.1, 0.15) is 0 Å². The molecular formula is C10H11N2O2+. The third kappa shape index (κ3) is 4.06. The van der Waals surface area contributed by atoms with Gasteiger partial charge < -0.3 is 5.21 Å². The van der Waals surface area contributed by atoms with E-state index < -0.39 is 0 Å². The van der Waals surface area contributed by atoms with Gasteiger partial charge in [-0.3, -0.25) is 5.21 Å². The maximum Gasteiger partial charge on any atom is 0.222 e. The molecule has 0 aliphatic rings. The highest BCUT2D eigenvalue weighted by Gasteiger charge is 1.82. The van der Waals surface area contributed by atoms with Crippen molar-refractivity contribution in [3.63, 3.8) is 0 Å². The Morgan fingerprint density at radius 3 is 1.36 bits per heavy atom. The largest absolute Gasteiger partial charge is 0.619 e. The van der Waals surface area contributed by atoms with Crippen LogP contribution in [0.5, 0.6) is 0 Å². The Hall–Kier alpha value is -2.10. The van der Waals surface area contributed by atoms with Crippen molar-refractivity contribution in [1.29, 1.82) is 0 Å². The molecule has 2 rings (SSSR count). The number of pyridine rings is 2. The van der Waals surface area contributed by atoms with Gasteiger partial charge in [0, 0.05) is 29.0 Å². The van der Waals surface area contributed by atoms with Crippen LogP contribution in [0.1, 0.15) is 0 Å². The average molecular weight is 191 g/mol. The van der Waals surface area contributed by atoms with E-state index in [-0.39, 0.29) is 0 Å². The average Bonchev–Trinajstić information content (AvgIpc) is 2.21. The minimum Gasteiger partial charge on any atom is -0.619 e. The van der Waals surface area contributed by atoms with Gasteiger partial charge >= 0.3 is 0 Å². The molecule has 0 radical (unpaired) electrons. The second-order valence-corrected chi connectivity index (χ2v) is 2.49. The lowest BCUT2D eigenvalue weighted by Crippen LogP contribution is -2.27. The van der Waals surface area contributed by atoms with Crippen molar-refractivity contribution in [2.45, 2.75) is 0 Å². The predicted molar refractivity (Wildman–Crippen MR) is 49.2 cm³/mol. The number of rotatable bonds is 0. The molecule has 14 heavy (non-hydrogen) atoms. The van der Waals surface area contributed by atoms with Crippen LogP contribution in [0.3, 0.4) is 0 Å². The van der Waals surface area contributed by atoms with Gasteiger partial charge in [0.15, 0.2) is 12.4 Å². The molecule has 72 valence electrons. The first-order chi connectivity index (χ1) is 6.79. The lowest BCUT2D eigenvalue weighted by molar-refractivity contribution is -0.904. The highest BCUT2D eigenvalue weighted by Crippen LogP contribution is 1.72. The highest BCUT2D eigenvalue weighted by molar-refractivity contribution is 4.83. The smallest absolute Gasteiger partial charge is 0.222 e. The first-order valence-corrected chi connectivity index (χ1v) is 4.08. The lowest BCUT2D eigenvalue weighted by Gasteiger charge is -1.88. The first-order valence-electron chi connectivity index (χ1n) is 4.08. The van der Waals surface area contributed by atoms with Crippen LogP contribution in [0.25, 0.3) is 0 Å². The number of aromatic nitrogens is 2. The van der Waals surface area contributed by atoms with E-state index in [1.807, 2.05) is 6.07 Å². The van der Waals surface area contributed by atoms with E-state index in [1.165, 1.54) is 12.4 Å². The van der Waals surface area contributed by atoms with Gasteiger partial charge in [-0.2, -0.15) is 4.73 Å². The van der Waals surface area contributed by atoms with Crippen molar-refractivity contribution in [2.75, 3.05) is 0 Å². The van der Waals surface area contributed by atoms with E-state index in [0.29, 0.717) is 0 Å². The summed E-state index contributed by atoms with van der Waals surface area (Å²) in [6.07, 6.45) is 6.00. The SMILES string of the molecule is O[n+]1ccccc1.[O-][n+]1ccccc1. The minimum absolute atomic E-state index is 0.750. The van der Waals surface area contributed by atoms with E-state index in [9.17, 15) is 5.21 Å². The fourth-order valence-electron chi connectivity index (χ4n) is 0.772. The van der Waals surface area contributed by atoms with Crippen LogP contribution in [0, 0.1) is 5.21 Å². The van der Waals surface area contributed by atoms with E-state index >= 15 is 0 Å². The molecule has 2 aromatic rings. The van der Waals surface area contributed by atoms with E-state index in [1.54, 1.807) is 42.7 Å². The summed E-state index contributed by atoms with van der Waals surface area (Å²) in [5.74, 6) is 0. The summed E-state index contributed by atoms with van der Waals surface area (Å²) in [5.41, 5.74) is 0. The Kier molecular flexibility index (Phi) is 3.94. The normalized spacial score (nSPS) is 8.57.